The van der Waals surface area contributed by atoms with E-state index in [0.29, 0.717) is 6.04 Å². The quantitative estimate of drug-likeness (QED) is 0.548. The molecule has 0 aromatic heterocycles. The Labute approximate surface area is 191 Å². The van der Waals surface area contributed by atoms with Crippen molar-refractivity contribution < 1.29 is 14.3 Å². The number of aldehydes is 1. The normalized spacial score (nSPS) is 17.2. The maximum Gasteiger partial charge on any atom is 0.146 e. The van der Waals surface area contributed by atoms with Crippen LogP contribution in [-0.4, -0.2) is 45.1 Å². The molecule has 0 amide bonds. The molecule has 32 heavy (non-hydrogen) atoms. The maximum absolute atomic E-state index is 11.2. The van der Waals surface area contributed by atoms with Gasteiger partial charge in [0.05, 0.1) is 13.7 Å². The van der Waals surface area contributed by atoms with E-state index in [1.807, 2.05) is 54.6 Å². The fraction of sp³-hybridized carbons (Fsp3) is 0.296. The molecule has 0 saturated carbocycles. The number of carbonyl (C=O) groups is 1. The van der Waals surface area contributed by atoms with Gasteiger partial charge in [-0.05, 0) is 36.7 Å². The first kappa shape index (κ1) is 23.5. The lowest BCUT2D eigenvalue weighted by atomic mass is 10.0. The van der Waals surface area contributed by atoms with Gasteiger partial charge in [-0.3, -0.25) is 4.90 Å². The SMILES string of the molecule is CN1CCOCCC1c1ccccc1.COc1cccc(NC(C=O)c2ccccc2)c1. The summed E-state index contributed by atoms with van der Waals surface area (Å²) in [6, 6.07) is 28.0. The first-order valence-corrected chi connectivity index (χ1v) is 10.9. The van der Waals surface area contributed by atoms with Crippen LogP contribution < -0.4 is 10.1 Å². The summed E-state index contributed by atoms with van der Waals surface area (Å²) in [5, 5.41) is 3.17. The second-order valence-electron chi connectivity index (χ2n) is 7.71. The third-order valence-corrected chi connectivity index (χ3v) is 5.53. The van der Waals surface area contributed by atoms with Gasteiger partial charge in [-0.15, -0.1) is 0 Å². The van der Waals surface area contributed by atoms with Gasteiger partial charge in [-0.1, -0.05) is 66.7 Å². The van der Waals surface area contributed by atoms with Crippen molar-refractivity contribution in [3.8, 4) is 5.75 Å². The lowest BCUT2D eigenvalue weighted by Crippen LogP contribution is -2.25. The van der Waals surface area contributed by atoms with E-state index in [4.69, 9.17) is 9.47 Å². The van der Waals surface area contributed by atoms with Crippen LogP contribution in [0.25, 0.3) is 0 Å². The number of nitrogens with one attached hydrogen (secondary N) is 1. The molecule has 3 aromatic carbocycles. The molecule has 1 N–H and O–H groups in total. The highest BCUT2D eigenvalue weighted by atomic mass is 16.5. The Kier molecular flexibility index (Phi) is 9.29. The van der Waals surface area contributed by atoms with Gasteiger partial charge in [-0.2, -0.15) is 0 Å². The van der Waals surface area contributed by atoms with E-state index in [2.05, 4.69) is 47.6 Å². The molecule has 1 fully saturated rings. The number of methoxy groups -OCH3 is 1. The van der Waals surface area contributed by atoms with Crippen LogP contribution in [0.4, 0.5) is 5.69 Å². The highest BCUT2D eigenvalue weighted by Crippen LogP contribution is 2.24. The van der Waals surface area contributed by atoms with Crippen LogP contribution in [0.15, 0.2) is 84.9 Å². The van der Waals surface area contributed by atoms with Crippen molar-refractivity contribution in [2.75, 3.05) is 39.2 Å². The van der Waals surface area contributed by atoms with Crippen LogP contribution in [0.3, 0.4) is 0 Å². The summed E-state index contributed by atoms with van der Waals surface area (Å²) in [4.78, 5) is 13.5. The molecule has 1 aliphatic rings. The zero-order valence-corrected chi connectivity index (χ0v) is 18.8. The Bertz CT molecular complexity index is 934. The summed E-state index contributed by atoms with van der Waals surface area (Å²) in [6.45, 7) is 2.77. The third kappa shape index (κ3) is 6.94. The van der Waals surface area contributed by atoms with E-state index in [0.717, 1.165) is 49.5 Å². The van der Waals surface area contributed by atoms with Crippen LogP contribution in [0, 0.1) is 0 Å². The number of likely N-dealkylation sites (N-methyl/N-ethyl adjacent to an activating group) is 1. The van der Waals surface area contributed by atoms with Gasteiger partial charge < -0.3 is 19.6 Å². The maximum atomic E-state index is 11.2. The second kappa shape index (κ2) is 12.6. The highest BCUT2D eigenvalue weighted by molar-refractivity contribution is 5.68. The highest BCUT2D eigenvalue weighted by Gasteiger charge is 2.18. The van der Waals surface area contributed by atoms with Crippen molar-refractivity contribution in [3.05, 3.63) is 96.1 Å². The number of nitrogens with zero attached hydrogens (tertiary/aromatic N) is 1. The lowest BCUT2D eigenvalue weighted by molar-refractivity contribution is -0.108. The van der Waals surface area contributed by atoms with E-state index in [1.54, 1.807) is 7.11 Å². The Morgan fingerprint density at radius 1 is 1.00 bits per heavy atom. The smallest absolute Gasteiger partial charge is 0.146 e. The number of ether oxygens (including phenoxy) is 2. The van der Waals surface area contributed by atoms with Gasteiger partial charge >= 0.3 is 0 Å². The van der Waals surface area contributed by atoms with Crippen molar-refractivity contribution in [3.63, 3.8) is 0 Å². The number of carbonyl (C=O) groups excluding carboxylic acids is 1. The number of rotatable bonds is 6. The standard InChI is InChI=1S/C15H15NO2.C12H17NO/c1-18-14-9-5-8-13(10-14)16-15(11-17)12-6-3-2-4-7-12;1-13-8-10-14-9-7-12(13)11-5-3-2-4-6-11/h2-11,15-16H,1H3;2-6,12H,7-10H2,1H3. The molecule has 2 atom stereocenters. The minimum atomic E-state index is -0.349. The molecule has 2 unspecified atom stereocenters. The molecule has 1 heterocycles. The van der Waals surface area contributed by atoms with Crippen molar-refractivity contribution in [1.29, 1.82) is 0 Å². The summed E-state index contributed by atoms with van der Waals surface area (Å²) >= 11 is 0. The molecule has 4 rings (SSSR count). The Balaban J connectivity index is 0.000000186. The number of hydrogen-bond acceptors (Lipinski definition) is 5. The molecule has 0 bridgehead atoms. The van der Waals surface area contributed by atoms with Crippen LogP contribution in [0.1, 0.15) is 29.6 Å². The Hall–Kier alpha value is -3.15. The first-order chi connectivity index (χ1) is 15.7. The molecule has 0 aliphatic carbocycles. The Morgan fingerprint density at radius 2 is 1.72 bits per heavy atom. The van der Waals surface area contributed by atoms with E-state index in [1.165, 1.54) is 5.56 Å². The van der Waals surface area contributed by atoms with Crippen molar-refractivity contribution in [2.45, 2.75) is 18.5 Å². The van der Waals surface area contributed by atoms with E-state index >= 15 is 0 Å². The minimum absolute atomic E-state index is 0.349. The summed E-state index contributed by atoms with van der Waals surface area (Å²) in [5.74, 6) is 0.762. The van der Waals surface area contributed by atoms with Crippen molar-refractivity contribution in [1.82, 2.24) is 4.90 Å². The molecule has 1 aliphatic heterocycles. The molecule has 1 saturated heterocycles. The minimum Gasteiger partial charge on any atom is -0.497 e. The molecule has 0 spiro atoms. The number of hydrogen-bond donors (Lipinski definition) is 1. The number of benzene rings is 3. The predicted molar refractivity (Wildman–Crippen MR) is 129 cm³/mol. The molecular formula is C27H32N2O3. The van der Waals surface area contributed by atoms with Crippen LogP contribution >= 0.6 is 0 Å². The topological polar surface area (TPSA) is 50.8 Å². The van der Waals surface area contributed by atoms with Gasteiger partial charge in [-0.25, -0.2) is 0 Å². The van der Waals surface area contributed by atoms with Crippen molar-refractivity contribution >= 4 is 12.0 Å². The van der Waals surface area contributed by atoms with Gasteiger partial charge in [0.15, 0.2) is 0 Å². The van der Waals surface area contributed by atoms with E-state index in [-0.39, 0.29) is 6.04 Å². The fourth-order valence-electron chi connectivity index (χ4n) is 3.73. The van der Waals surface area contributed by atoms with Gasteiger partial charge in [0.2, 0.25) is 0 Å². The monoisotopic (exact) mass is 432 g/mol. The summed E-state index contributed by atoms with van der Waals surface area (Å²) in [7, 11) is 3.79. The van der Waals surface area contributed by atoms with E-state index < -0.39 is 0 Å². The summed E-state index contributed by atoms with van der Waals surface area (Å²) in [6.07, 6.45) is 2.00. The molecule has 5 nitrogen and oxygen atoms in total. The average Bonchev–Trinajstić information content (AvgIpc) is 3.08. The van der Waals surface area contributed by atoms with E-state index in [9.17, 15) is 4.79 Å². The molecule has 5 heteroatoms. The summed E-state index contributed by atoms with van der Waals surface area (Å²) < 4.78 is 10.6. The van der Waals surface area contributed by atoms with Crippen molar-refractivity contribution in [2.24, 2.45) is 0 Å². The largest absolute Gasteiger partial charge is 0.497 e. The van der Waals surface area contributed by atoms with Gasteiger partial charge in [0, 0.05) is 30.9 Å². The summed E-state index contributed by atoms with van der Waals surface area (Å²) in [5.41, 5.74) is 3.20. The van der Waals surface area contributed by atoms with Crippen LogP contribution in [0.2, 0.25) is 0 Å². The molecule has 3 aromatic rings. The average molecular weight is 433 g/mol. The molecule has 0 radical (unpaired) electrons. The molecule has 168 valence electrons. The van der Waals surface area contributed by atoms with Crippen LogP contribution in [0.5, 0.6) is 5.75 Å². The van der Waals surface area contributed by atoms with Gasteiger partial charge in [0.1, 0.15) is 18.1 Å². The fourth-order valence-corrected chi connectivity index (χ4v) is 3.73. The predicted octanol–water partition coefficient (Wildman–Crippen LogP) is 5.13. The Morgan fingerprint density at radius 3 is 2.41 bits per heavy atom. The number of anilines is 1. The zero-order chi connectivity index (χ0) is 22.6. The lowest BCUT2D eigenvalue weighted by Gasteiger charge is -2.25. The third-order valence-electron chi connectivity index (χ3n) is 5.53. The second-order valence-corrected chi connectivity index (χ2v) is 7.71. The zero-order valence-electron chi connectivity index (χ0n) is 18.8. The molecular weight excluding hydrogens is 400 g/mol. The van der Waals surface area contributed by atoms with Crippen LogP contribution in [-0.2, 0) is 9.53 Å². The van der Waals surface area contributed by atoms with Gasteiger partial charge in [0.25, 0.3) is 0 Å². The first-order valence-electron chi connectivity index (χ1n) is 10.9.